The average molecular weight is 299 g/mol. The van der Waals surface area contributed by atoms with E-state index in [9.17, 15) is 4.39 Å². The number of hydrazine groups is 1. The lowest BCUT2D eigenvalue weighted by Crippen LogP contribution is -2.30. The summed E-state index contributed by atoms with van der Waals surface area (Å²) in [5.74, 6) is 5.15. The fraction of sp³-hybridized carbons (Fsp3) is 0.143. The molecule has 0 aliphatic carbocycles. The van der Waals surface area contributed by atoms with Crippen molar-refractivity contribution in [1.29, 1.82) is 0 Å². The van der Waals surface area contributed by atoms with Crippen LogP contribution in [0.5, 0.6) is 0 Å². The molecule has 1 atom stereocenters. The van der Waals surface area contributed by atoms with Gasteiger partial charge in [0.05, 0.1) is 6.04 Å². The number of hydrogen-bond acceptors (Lipinski definition) is 2. The Morgan fingerprint density at radius 1 is 1.11 bits per heavy atom. The van der Waals surface area contributed by atoms with Crippen LogP contribution >= 0.6 is 23.2 Å². The van der Waals surface area contributed by atoms with E-state index in [0.29, 0.717) is 22.0 Å². The van der Waals surface area contributed by atoms with Crippen LogP contribution in [0.3, 0.4) is 0 Å². The first kappa shape index (κ1) is 14.3. The summed E-state index contributed by atoms with van der Waals surface area (Å²) in [6, 6.07) is 11.5. The van der Waals surface area contributed by atoms with Crippen LogP contribution in [0.4, 0.5) is 4.39 Å². The van der Waals surface area contributed by atoms with Crippen LogP contribution in [0.1, 0.15) is 17.2 Å². The molecule has 2 rings (SSSR count). The van der Waals surface area contributed by atoms with Crippen LogP contribution in [0, 0.1) is 5.82 Å². The zero-order valence-corrected chi connectivity index (χ0v) is 11.5. The molecule has 0 radical (unpaired) electrons. The van der Waals surface area contributed by atoms with Gasteiger partial charge in [-0.25, -0.2) is 4.39 Å². The molecule has 0 fully saturated rings. The van der Waals surface area contributed by atoms with Gasteiger partial charge in [-0.15, -0.1) is 0 Å². The lowest BCUT2D eigenvalue weighted by atomic mass is 9.99. The molecule has 0 bridgehead atoms. The summed E-state index contributed by atoms with van der Waals surface area (Å²) < 4.78 is 13.9. The summed E-state index contributed by atoms with van der Waals surface area (Å²) >= 11 is 11.9. The van der Waals surface area contributed by atoms with Crippen molar-refractivity contribution in [3.63, 3.8) is 0 Å². The first-order valence-electron chi connectivity index (χ1n) is 5.76. The molecule has 19 heavy (non-hydrogen) atoms. The van der Waals surface area contributed by atoms with Crippen LogP contribution in [0.15, 0.2) is 42.5 Å². The van der Waals surface area contributed by atoms with Gasteiger partial charge in [0.25, 0.3) is 0 Å². The van der Waals surface area contributed by atoms with Crippen molar-refractivity contribution < 1.29 is 4.39 Å². The Bertz CT molecular complexity index is 538. The third-order valence-corrected chi connectivity index (χ3v) is 3.48. The Morgan fingerprint density at radius 3 is 2.37 bits per heavy atom. The summed E-state index contributed by atoms with van der Waals surface area (Å²) in [7, 11) is 0. The molecule has 0 amide bonds. The molecule has 2 aromatic rings. The molecule has 1 unspecified atom stereocenters. The van der Waals surface area contributed by atoms with Crippen LogP contribution in [0.25, 0.3) is 0 Å². The standard InChI is InChI=1S/C14H13Cl2FN2/c15-10-6-4-9(5-7-10)8-13(19-18)14-11(16)2-1-3-12(14)17/h1-7,13,19H,8,18H2. The zero-order valence-electron chi connectivity index (χ0n) is 10.0. The van der Waals surface area contributed by atoms with Gasteiger partial charge in [0.15, 0.2) is 0 Å². The van der Waals surface area contributed by atoms with Crippen molar-refractivity contribution in [2.24, 2.45) is 5.84 Å². The molecule has 2 aromatic carbocycles. The Hall–Kier alpha value is -1.13. The summed E-state index contributed by atoms with van der Waals surface area (Å²) in [6.07, 6.45) is 0.522. The molecule has 2 nitrogen and oxygen atoms in total. The van der Waals surface area contributed by atoms with Crippen LogP contribution in [-0.2, 0) is 6.42 Å². The molecule has 0 saturated carbocycles. The van der Waals surface area contributed by atoms with E-state index in [2.05, 4.69) is 5.43 Å². The summed E-state index contributed by atoms with van der Waals surface area (Å²) in [5.41, 5.74) is 3.97. The van der Waals surface area contributed by atoms with Gasteiger partial charge in [-0.05, 0) is 36.2 Å². The topological polar surface area (TPSA) is 38.0 Å². The molecule has 3 N–H and O–H groups in total. The van der Waals surface area contributed by atoms with Crippen molar-refractivity contribution in [2.45, 2.75) is 12.5 Å². The summed E-state index contributed by atoms with van der Waals surface area (Å²) in [6.45, 7) is 0. The largest absolute Gasteiger partial charge is 0.271 e. The first-order chi connectivity index (χ1) is 9.11. The van der Waals surface area contributed by atoms with E-state index in [4.69, 9.17) is 29.0 Å². The molecule has 0 aromatic heterocycles. The maximum atomic E-state index is 13.9. The molecule has 0 aliphatic rings. The Kier molecular flexibility index (Phi) is 4.77. The van der Waals surface area contributed by atoms with Crippen molar-refractivity contribution >= 4 is 23.2 Å². The Balaban J connectivity index is 2.27. The molecular weight excluding hydrogens is 286 g/mol. The smallest absolute Gasteiger partial charge is 0.129 e. The van der Waals surface area contributed by atoms with Gasteiger partial charge >= 0.3 is 0 Å². The minimum atomic E-state index is -0.394. The van der Waals surface area contributed by atoms with Crippen molar-refractivity contribution in [3.05, 3.63) is 69.5 Å². The highest BCUT2D eigenvalue weighted by Gasteiger charge is 2.18. The second kappa shape index (κ2) is 6.35. The number of nitrogens with two attached hydrogens (primary N) is 1. The van der Waals surface area contributed by atoms with Crippen molar-refractivity contribution in [3.8, 4) is 0 Å². The number of benzene rings is 2. The van der Waals surface area contributed by atoms with Crippen molar-refractivity contribution in [1.82, 2.24) is 5.43 Å². The van der Waals surface area contributed by atoms with E-state index < -0.39 is 6.04 Å². The lowest BCUT2D eigenvalue weighted by molar-refractivity contribution is 0.511. The van der Waals surface area contributed by atoms with Crippen LogP contribution in [-0.4, -0.2) is 0 Å². The van der Waals surface area contributed by atoms with E-state index in [1.165, 1.54) is 6.07 Å². The van der Waals surface area contributed by atoms with Crippen LogP contribution < -0.4 is 11.3 Å². The minimum absolute atomic E-state index is 0.358. The predicted octanol–water partition coefficient (Wildman–Crippen LogP) is 3.88. The van der Waals surface area contributed by atoms with E-state index in [1.807, 2.05) is 12.1 Å². The van der Waals surface area contributed by atoms with E-state index in [1.54, 1.807) is 24.3 Å². The molecule has 0 heterocycles. The maximum Gasteiger partial charge on any atom is 0.129 e. The number of nitrogens with one attached hydrogen (secondary N) is 1. The lowest BCUT2D eigenvalue weighted by Gasteiger charge is -2.18. The van der Waals surface area contributed by atoms with Gasteiger partial charge in [0, 0.05) is 15.6 Å². The third-order valence-electron chi connectivity index (χ3n) is 2.90. The van der Waals surface area contributed by atoms with Gasteiger partial charge in [0.2, 0.25) is 0 Å². The predicted molar refractivity (Wildman–Crippen MR) is 76.6 cm³/mol. The molecule has 100 valence electrons. The number of halogens is 3. The van der Waals surface area contributed by atoms with Gasteiger partial charge in [-0.2, -0.15) is 0 Å². The summed E-state index contributed by atoms with van der Waals surface area (Å²) in [5, 5.41) is 1.02. The second-order valence-electron chi connectivity index (χ2n) is 4.19. The van der Waals surface area contributed by atoms with E-state index in [-0.39, 0.29) is 5.82 Å². The minimum Gasteiger partial charge on any atom is -0.271 e. The first-order valence-corrected chi connectivity index (χ1v) is 6.52. The second-order valence-corrected chi connectivity index (χ2v) is 5.03. The Labute approximate surface area is 121 Å². The third kappa shape index (κ3) is 3.45. The van der Waals surface area contributed by atoms with Gasteiger partial charge < -0.3 is 0 Å². The molecule has 0 spiro atoms. The normalized spacial score (nSPS) is 12.4. The zero-order chi connectivity index (χ0) is 13.8. The summed E-state index contributed by atoms with van der Waals surface area (Å²) in [4.78, 5) is 0. The highest BCUT2D eigenvalue weighted by molar-refractivity contribution is 6.31. The maximum absolute atomic E-state index is 13.9. The molecule has 0 aliphatic heterocycles. The quantitative estimate of drug-likeness (QED) is 0.664. The van der Waals surface area contributed by atoms with Gasteiger partial charge in [0.1, 0.15) is 5.82 Å². The number of hydrogen-bond donors (Lipinski definition) is 2. The van der Waals surface area contributed by atoms with Crippen LogP contribution in [0.2, 0.25) is 10.0 Å². The SMILES string of the molecule is NNC(Cc1ccc(Cl)cc1)c1c(F)cccc1Cl. The van der Waals surface area contributed by atoms with E-state index in [0.717, 1.165) is 5.56 Å². The van der Waals surface area contributed by atoms with Gasteiger partial charge in [-0.1, -0.05) is 41.4 Å². The monoisotopic (exact) mass is 298 g/mol. The van der Waals surface area contributed by atoms with Gasteiger partial charge in [-0.3, -0.25) is 11.3 Å². The van der Waals surface area contributed by atoms with Crippen molar-refractivity contribution in [2.75, 3.05) is 0 Å². The van der Waals surface area contributed by atoms with E-state index >= 15 is 0 Å². The molecule has 0 saturated heterocycles. The Morgan fingerprint density at radius 2 is 1.79 bits per heavy atom. The molecular formula is C14H13Cl2FN2. The fourth-order valence-electron chi connectivity index (χ4n) is 1.94. The molecule has 5 heteroatoms. The number of rotatable bonds is 4. The fourth-order valence-corrected chi connectivity index (χ4v) is 2.36. The highest BCUT2D eigenvalue weighted by atomic mass is 35.5. The average Bonchev–Trinajstić information content (AvgIpc) is 2.39. The highest BCUT2D eigenvalue weighted by Crippen LogP contribution is 2.28.